The minimum Gasteiger partial charge on any atom is -0.465 e. The van der Waals surface area contributed by atoms with Crippen molar-refractivity contribution >= 4 is 5.97 Å². The summed E-state index contributed by atoms with van der Waals surface area (Å²) in [6.07, 6.45) is 1.76. The molecule has 3 heteroatoms. The maximum atomic E-state index is 11.9. The molecule has 2 saturated heterocycles. The summed E-state index contributed by atoms with van der Waals surface area (Å²) in [6, 6.07) is 10.5. The van der Waals surface area contributed by atoms with E-state index in [1.165, 1.54) is 5.56 Å². The third kappa shape index (κ3) is 1.42. The quantitative estimate of drug-likeness (QED) is 0.803. The van der Waals surface area contributed by atoms with Crippen LogP contribution >= 0.6 is 0 Å². The topological polar surface area (TPSA) is 38.3 Å². The molecule has 0 unspecified atom stereocenters. The second-order valence-corrected chi connectivity index (χ2v) is 5.16. The van der Waals surface area contributed by atoms with Crippen LogP contribution in [0.1, 0.15) is 25.3 Å². The van der Waals surface area contributed by atoms with E-state index < -0.39 is 5.54 Å². The third-order valence-electron chi connectivity index (χ3n) is 4.10. The van der Waals surface area contributed by atoms with E-state index in [4.69, 9.17) is 4.74 Å². The van der Waals surface area contributed by atoms with Crippen molar-refractivity contribution in [1.29, 1.82) is 0 Å². The summed E-state index contributed by atoms with van der Waals surface area (Å²) >= 11 is 0. The molecule has 1 N–H and O–H groups in total. The van der Waals surface area contributed by atoms with E-state index in [1.807, 2.05) is 13.0 Å². The molecule has 2 heterocycles. The molecule has 3 aliphatic rings. The molecule has 1 aromatic carbocycles. The van der Waals surface area contributed by atoms with Crippen LogP contribution < -0.4 is 5.32 Å². The van der Waals surface area contributed by atoms with Crippen molar-refractivity contribution in [1.82, 2.24) is 5.32 Å². The summed E-state index contributed by atoms with van der Waals surface area (Å²) in [7, 11) is 0. The lowest BCUT2D eigenvalue weighted by molar-refractivity contribution is -0.154. The van der Waals surface area contributed by atoms with Gasteiger partial charge in [0, 0.05) is 12.0 Å². The first-order valence-corrected chi connectivity index (χ1v) is 6.19. The van der Waals surface area contributed by atoms with Crippen LogP contribution in [0, 0.1) is 0 Å². The lowest BCUT2D eigenvalue weighted by Gasteiger charge is -2.44. The molecule has 0 amide bonds. The Balaban J connectivity index is 1.80. The first-order valence-electron chi connectivity index (χ1n) is 6.19. The minimum atomic E-state index is -0.397. The van der Waals surface area contributed by atoms with E-state index >= 15 is 0 Å². The molecule has 90 valence electrons. The molecule has 2 bridgehead atoms. The maximum Gasteiger partial charge on any atom is 0.326 e. The Morgan fingerprint density at radius 1 is 1.35 bits per heavy atom. The van der Waals surface area contributed by atoms with Crippen molar-refractivity contribution in [2.75, 3.05) is 13.2 Å². The number of benzene rings is 1. The summed E-state index contributed by atoms with van der Waals surface area (Å²) in [4.78, 5) is 11.9. The fraction of sp³-hybridized carbons (Fsp3) is 0.500. The standard InChI is InChI=1S/C14H17NO2/c1-2-17-12(16)14-8-13(9-14,10-15-14)11-6-4-3-5-7-11/h3-7,15H,2,8-10H2,1H3. The highest BCUT2D eigenvalue weighted by molar-refractivity contribution is 5.84. The van der Waals surface area contributed by atoms with E-state index in [0.29, 0.717) is 6.61 Å². The van der Waals surface area contributed by atoms with Gasteiger partial charge >= 0.3 is 5.97 Å². The summed E-state index contributed by atoms with van der Waals surface area (Å²) in [5.41, 5.74) is 1.10. The van der Waals surface area contributed by atoms with Crippen LogP contribution in [0.15, 0.2) is 30.3 Å². The Hall–Kier alpha value is -1.35. The zero-order valence-corrected chi connectivity index (χ0v) is 10.0. The van der Waals surface area contributed by atoms with Gasteiger partial charge in [0.1, 0.15) is 5.54 Å². The smallest absolute Gasteiger partial charge is 0.326 e. The van der Waals surface area contributed by atoms with Crippen molar-refractivity contribution in [3.8, 4) is 0 Å². The van der Waals surface area contributed by atoms with E-state index in [0.717, 1.165) is 19.4 Å². The number of carbonyl (C=O) groups is 1. The van der Waals surface area contributed by atoms with Crippen LogP contribution in [0.2, 0.25) is 0 Å². The normalized spacial score (nSPS) is 34.2. The van der Waals surface area contributed by atoms with Gasteiger partial charge in [0.2, 0.25) is 0 Å². The Morgan fingerprint density at radius 3 is 2.71 bits per heavy atom. The van der Waals surface area contributed by atoms with Crippen molar-refractivity contribution in [3.63, 3.8) is 0 Å². The molecular weight excluding hydrogens is 214 g/mol. The van der Waals surface area contributed by atoms with Gasteiger partial charge in [-0.3, -0.25) is 4.79 Å². The Labute approximate surface area is 101 Å². The number of hydrogen-bond acceptors (Lipinski definition) is 3. The molecule has 0 aromatic heterocycles. The van der Waals surface area contributed by atoms with Gasteiger partial charge in [0.05, 0.1) is 6.61 Å². The predicted molar refractivity (Wildman–Crippen MR) is 64.7 cm³/mol. The molecule has 1 saturated carbocycles. The second-order valence-electron chi connectivity index (χ2n) is 5.16. The first-order chi connectivity index (χ1) is 8.21. The average molecular weight is 231 g/mol. The number of rotatable bonds is 3. The molecule has 0 radical (unpaired) electrons. The number of ether oxygens (including phenoxy) is 1. The van der Waals surface area contributed by atoms with Crippen LogP contribution in [0.25, 0.3) is 0 Å². The lowest BCUT2D eigenvalue weighted by Crippen LogP contribution is -2.56. The molecule has 1 aliphatic carbocycles. The van der Waals surface area contributed by atoms with Gasteiger partial charge in [-0.25, -0.2) is 0 Å². The molecule has 4 rings (SSSR count). The Morgan fingerprint density at radius 2 is 2.06 bits per heavy atom. The highest BCUT2D eigenvalue weighted by Crippen LogP contribution is 2.55. The maximum absolute atomic E-state index is 11.9. The molecular formula is C14H17NO2. The number of esters is 1. The number of carbonyl (C=O) groups excluding carboxylic acids is 1. The Kier molecular flexibility index (Phi) is 2.26. The highest BCUT2D eigenvalue weighted by atomic mass is 16.5. The monoisotopic (exact) mass is 231 g/mol. The SMILES string of the molecule is CCOC(=O)C12CC(c3ccccc3)(CN1)C2. The van der Waals surface area contributed by atoms with E-state index in [-0.39, 0.29) is 11.4 Å². The van der Waals surface area contributed by atoms with Crippen LogP contribution in [0.5, 0.6) is 0 Å². The van der Waals surface area contributed by atoms with E-state index in [9.17, 15) is 4.79 Å². The van der Waals surface area contributed by atoms with Gasteiger partial charge in [0.15, 0.2) is 0 Å². The largest absolute Gasteiger partial charge is 0.465 e. The van der Waals surface area contributed by atoms with Crippen LogP contribution in [0.4, 0.5) is 0 Å². The van der Waals surface area contributed by atoms with Crippen LogP contribution in [-0.4, -0.2) is 24.7 Å². The van der Waals surface area contributed by atoms with E-state index in [1.54, 1.807) is 0 Å². The Bertz CT molecular complexity index is 435. The van der Waals surface area contributed by atoms with Gasteiger partial charge in [-0.2, -0.15) is 0 Å². The number of fused-ring (bicyclic) bond motifs is 1. The summed E-state index contributed by atoms with van der Waals surface area (Å²) < 4.78 is 5.15. The van der Waals surface area contributed by atoms with Gasteiger partial charge in [-0.1, -0.05) is 30.3 Å². The lowest BCUT2D eigenvalue weighted by atomic mass is 9.59. The molecule has 0 atom stereocenters. The van der Waals surface area contributed by atoms with E-state index in [2.05, 4.69) is 29.6 Å². The minimum absolute atomic E-state index is 0.0796. The van der Waals surface area contributed by atoms with Gasteiger partial charge in [-0.05, 0) is 25.3 Å². The molecule has 2 aliphatic heterocycles. The van der Waals surface area contributed by atoms with Crippen LogP contribution in [-0.2, 0) is 14.9 Å². The number of hydrogen-bond donors (Lipinski definition) is 1. The van der Waals surface area contributed by atoms with Crippen molar-refractivity contribution in [2.45, 2.75) is 30.7 Å². The van der Waals surface area contributed by atoms with Crippen molar-refractivity contribution in [3.05, 3.63) is 35.9 Å². The molecule has 0 spiro atoms. The highest BCUT2D eigenvalue weighted by Gasteiger charge is 2.65. The van der Waals surface area contributed by atoms with Crippen molar-refractivity contribution in [2.24, 2.45) is 0 Å². The van der Waals surface area contributed by atoms with Gasteiger partial charge in [-0.15, -0.1) is 0 Å². The fourth-order valence-electron chi connectivity index (χ4n) is 3.28. The molecule has 3 fully saturated rings. The summed E-state index contributed by atoms with van der Waals surface area (Å²) in [5, 5.41) is 3.36. The predicted octanol–water partition coefficient (Wildman–Crippen LogP) is 1.62. The zero-order chi connectivity index (χ0) is 11.9. The zero-order valence-electron chi connectivity index (χ0n) is 10.0. The summed E-state index contributed by atoms with van der Waals surface area (Å²) in [6.45, 7) is 3.20. The first kappa shape index (κ1) is 10.8. The third-order valence-corrected chi connectivity index (χ3v) is 4.10. The molecule has 3 nitrogen and oxygen atoms in total. The average Bonchev–Trinajstić information content (AvgIpc) is 2.87. The molecule has 1 aromatic rings. The second kappa shape index (κ2) is 3.57. The van der Waals surface area contributed by atoms with Gasteiger partial charge in [0.25, 0.3) is 0 Å². The molecule has 17 heavy (non-hydrogen) atoms. The number of nitrogens with one attached hydrogen (secondary N) is 1. The van der Waals surface area contributed by atoms with Gasteiger partial charge < -0.3 is 10.1 Å². The summed E-state index contributed by atoms with van der Waals surface area (Å²) in [5.74, 6) is -0.0796. The van der Waals surface area contributed by atoms with Crippen molar-refractivity contribution < 1.29 is 9.53 Å². The fourth-order valence-corrected chi connectivity index (χ4v) is 3.28. The van der Waals surface area contributed by atoms with Crippen LogP contribution in [0.3, 0.4) is 0 Å².